The number of fused-ring (bicyclic) bond motifs is 1. The third-order valence-electron chi connectivity index (χ3n) is 6.57. The van der Waals surface area contributed by atoms with Gasteiger partial charge in [0.25, 0.3) is 5.91 Å². The molecule has 1 saturated carbocycles. The van der Waals surface area contributed by atoms with Gasteiger partial charge in [-0.15, -0.1) is 0 Å². The maximum Gasteiger partial charge on any atom is 0.255 e. The minimum absolute atomic E-state index is 0.0802. The standard InChI is InChI=1S/C29H29N3O4/c1-2-36-22-16-12-20(13-17-22)26(19-8-4-3-5-9-19)31-25(33)18-30-28(34)27-23-10-6-7-11-24(23)29(35)32(27)21-14-15-21/h3-13,16-17,21,26-27H,2,14-15,18H2,1H3,(H,30,34)(H,31,33)/t26-,27-/m1/s1. The maximum absolute atomic E-state index is 13.2. The van der Waals surface area contributed by atoms with Gasteiger partial charge in [-0.1, -0.05) is 60.7 Å². The second kappa shape index (κ2) is 10.2. The summed E-state index contributed by atoms with van der Waals surface area (Å²) < 4.78 is 5.54. The van der Waals surface area contributed by atoms with E-state index in [-0.39, 0.29) is 36.3 Å². The van der Waals surface area contributed by atoms with Gasteiger partial charge in [0, 0.05) is 11.6 Å². The van der Waals surface area contributed by atoms with Crippen molar-refractivity contribution in [3.8, 4) is 5.75 Å². The summed E-state index contributed by atoms with van der Waals surface area (Å²) in [6.07, 6.45) is 1.79. The van der Waals surface area contributed by atoms with Gasteiger partial charge in [-0.2, -0.15) is 0 Å². The first-order valence-corrected chi connectivity index (χ1v) is 12.3. The first kappa shape index (κ1) is 23.6. The number of nitrogens with one attached hydrogen (secondary N) is 2. The van der Waals surface area contributed by atoms with E-state index in [2.05, 4.69) is 10.6 Å². The van der Waals surface area contributed by atoms with Crippen LogP contribution in [-0.2, 0) is 9.59 Å². The van der Waals surface area contributed by atoms with Crippen LogP contribution in [0.2, 0.25) is 0 Å². The topological polar surface area (TPSA) is 87.7 Å². The Balaban J connectivity index is 1.29. The molecule has 0 spiro atoms. The van der Waals surface area contributed by atoms with Crippen LogP contribution in [0, 0.1) is 0 Å². The summed E-state index contributed by atoms with van der Waals surface area (Å²) in [5.74, 6) is -0.00931. The molecule has 0 saturated heterocycles. The molecule has 7 heteroatoms. The molecule has 1 aliphatic carbocycles. The largest absolute Gasteiger partial charge is 0.494 e. The SMILES string of the molecule is CCOc1ccc([C@H](NC(=O)CNC(=O)[C@H]2c3ccccc3C(=O)N2C2CC2)c2ccccc2)cc1. The fourth-order valence-corrected chi connectivity index (χ4v) is 4.74. The summed E-state index contributed by atoms with van der Waals surface area (Å²) in [5.41, 5.74) is 3.09. The molecule has 0 radical (unpaired) electrons. The van der Waals surface area contributed by atoms with Crippen LogP contribution in [0.3, 0.4) is 0 Å². The molecule has 0 bridgehead atoms. The van der Waals surface area contributed by atoms with E-state index in [1.54, 1.807) is 17.0 Å². The van der Waals surface area contributed by atoms with Crippen molar-refractivity contribution < 1.29 is 19.1 Å². The van der Waals surface area contributed by atoms with E-state index in [0.29, 0.717) is 17.7 Å². The third-order valence-corrected chi connectivity index (χ3v) is 6.57. The van der Waals surface area contributed by atoms with E-state index in [9.17, 15) is 14.4 Å². The van der Waals surface area contributed by atoms with Crippen molar-refractivity contribution in [2.24, 2.45) is 0 Å². The molecule has 2 N–H and O–H groups in total. The minimum atomic E-state index is -0.704. The van der Waals surface area contributed by atoms with Crippen LogP contribution in [0.4, 0.5) is 0 Å². The molecule has 0 aromatic heterocycles. The Morgan fingerprint density at radius 3 is 2.31 bits per heavy atom. The molecule has 7 nitrogen and oxygen atoms in total. The Bertz CT molecular complexity index is 1260. The summed E-state index contributed by atoms with van der Waals surface area (Å²) in [6.45, 7) is 2.32. The lowest BCUT2D eigenvalue weighted by Crippen LogP contribution is -2.44. The highest BCUT2D eigenvalue weighted by Gasteiger charge is 2.47. The average Bonchev–Trinajstić information content (AvgIpc) is 3.71. The number of nitrogens with zero attached hydrogens (tertiary/aromatic N) is 1. The lowest BCUT2D eigenvalue weighted by Gasteiger charge is -2.25. The Morgan fingerprint density at radius 2 is 1.61 bits per heavy atom. The van der Waals surface area contributed by atoms with E-state index < -0.39 is 6.04 Å². The Kier molecular flexibility index (Phi) is 6.71. The fraction of sp³-hybridized carbons (Fsp3) is 0.276. The summed E-state index contributed by atoms with van der Waals surface area (Å²) in [6, 6.07) is 23.5. The van der Waals surface area contributed by atoms with Crippen molar-refractivity contribution >= 4 is 17.7 Å². The maximum atomic E-state index is 13.2. The number of rotatable bonds is 9. The van der Waals surface area contributed by atoms with Gasteiger partial charge in [-0.3, -0.25) is 14.4 Å². The van der Waals surface area contributed by atoms with Crippen molar-refractivity contribution in [2.45, 2.75) is 37.9 Å². The van der Waals surface area contributed by atoms with Crippen LogP contribution in [0.1, 0.15) is 58.9 Å². The van der Waals surface area contributed by atoms with Crippen molar-refractivity contribution in [3.63, 3.8) is 0 Å². The van der Waals surface area contributed by atoms with Crippen LogP contribution < -0.4 is 15.4 Å². The molecular formula is C29H29N3O4. The van der Waals surface area contributed by atoms with E-state index >= 15 is 0 Å². The summed E-state index contributed by atoms with van der Waals surface area (Å²) >= 11 is 0. The molecule has 3 aromatic carbocycles. The summed E-state index contributed by atoms with van der Waals surface area (Å²) in [4.78, 5) is 40.8. The van der Waals surface area contributed by atoms with Crippen LogP contribution in [0.25, 0.3) is 0 Å². The van der Waals surface area contributed by atoms with Gasteiger partial charge >= 0.3 is 0 Å². The van der Waals surface area contributed by atoms with Gasteiger partial charge in [0.2, 0.25) is 11.8 Å². The quantitative estimate of drug-likeness (QED) is 0.485. The summed E-state index contributed by atoms with van der Waals surface area (Å²) in [5, 5.41) is 5.81. The average molecular weight is 484 g/mol. The monoisotopic (exact) mass is 483 g/mol. The lowest BCUT2D eigenvalue weighted by molar-refractivity contribution is -0.129. The molecule has 5 rings (SSSR count). The zero-order chi connectivity index (χ0) is 25.1. The molecule has 2 aliphatic rings. The van der Waals surface area contributed by atoms with E-state index in [0.717, 1.165) is 29.7 Å². The predicted octanol–water partition coefficient (Wildman–Crippen LogP) is 3.77. The van der Waals surface area contributed by atoms with E-state index in [1.807, 2.05) is 73.7 Å². The number of amides is 3. The van der Waals surface area contributed by atoms with Crippen molar-refractivity contribution in [1.82, 2.24) is 15.5 Å². The van der Waals surface area contributed by atoms with Crippen LogP contribution in [0.15, 0.2) is 78.9 Å². The van der Waals surface area contributed by atoms with Gasteiger partial charge in [-0.05, 0) is 54.7 Å². The van der Waals surface area contributed by atoms with Crippen LogP contribution in [-0.4, -0.2) is 41.8 Å². The molecule has 1 heterocycles. The number of hydrogen-bond donors (Lipinski definition) is 2. The van der Waals surface area contributed by atoms with Gasteiger partial charge in [0.1, 0.15) is 11.8 Å². The van der Waals surface area contributed by atoms with Gasteiger partial charge in [-0.25, -0.2) is 0 Å². The lowest BCUT2D eigenvalue weighted by atomic mass is 9.98. The first-order valence-electron chi connectivity index (χ1n) is 12.3. The molecule has 1 aliphatic heterocycles. The second-order valence-corrected chi connectivity index (χ2v) is 9.06. The highest BCUT2D eigenvalue weighted by atomic mass is 16.5. The molecule has 1 fully saturated rings. The Labute approximate surface area is 210 Å². The number of carbonyl (C=O) groups is 3. The van der Waals surface area contributed by atoms with Gasteiger partial charge in [0.15, 0.2) is 0 Å². The second-order valence-electron chi connectivity index (χ2n) is 9.06. The number of ether oxygens (including phenoxy) is 1. The third kappa shape index (κ3) is 4.82. The normalized spacial score (nSPS) is 17.3. The van der Waals surface area contributed by atoms with E-state index in [4.69, 9.17) is 4.74 Å². The molecule has 3 aromatic rings. The summed E-state index contributed by atoms with van der Waals surface area (Å²) in [7, 11) is 0. The number of benzene rings is 3. The highest BCUT2D eigenvalue weighted by Crippen LogP contribution is 2.41. The van der Waals surface area contributed by atoms with Crippen molar-refractivity contribution in [2.75, 3.05) is 13.2 Å². The van der Waals surface area contributed by atoms with Crippen LogP contribution >= 0.6 is 0 Å². The van der Waals surface area contributed by atoms with Gasteiger partial charge < -0.3 is 20.3 Å². The van der Waals surface area contributed by atoms with Crippen LogP contribution in [0.5, 0.6) is 5.75 Å². The predicted molar refractivity (Wildman–Crippen MR) is 135 cm³/mol. The fourth-order valence-electron chi connectivity index (χ4n) is 4.74. The molecule has 184 valence electrons. The van der Waals surface area contributed by atoms with E-state index in [1.165, 1.54) is 0 Å². The zero-order valence-corrected chi connectivity index (χ0v) is 20.1. The number of hydrogen-bond acceptors (Lipinski definition) is 4. The molecule has 36 heavy (non-hydrogen) atoms. The molecule has 3 amide bonds. The Hall–Kier alpha value is -4.13. The first-order chi connectivity index (χ1) is 17.6. The molecule has 0 unspecified atom stereocenters. The zero-order valence-electron chi connectivity index (χ0n) is 20.1. The smallest absolute Gasteiger partial charge is 0.255 e. The highest BCUT2D eigenvalue weighted by molar-refractivity contribution is 6.05. The molecule has 2 atom stereocenters. The van der Waals surface area contributed by atoms with Gasteiger partial charge in [0.05, 0.1) is 19.2 Å². The molecular weight excluding hydrogens is 454 g/mol. The van der Waals surface area contributed by atoms with Crippen molar-refractivity contribution in [3.05, 3.63) is 101 Å². The number of carbonyl (C=O) groups excluding carboxylic acids is 3. The minimum Gasteiger partial charge on any atom is -0.494 e. The Morgan fingerprint density at radius 1 is 0.944 bits per heavy atom. The van der Waals surface area contributed by atoms with Crippen molar-refractivity contribution in [1.29, 1.82) is 0 Å².